The van der Waals surface area contributed by atoms with Crippen molar-refractivity contribution in [2.75, 3.05) is 17.7 Å². The Morgan fingerprint density at radius 2 is 2.00 bits per heavy atom. The Morgan fingerprint density at radius 1 is 1.18 bits per heavy atom. The smallest absolute Gasteiger partial charge is 0.187 e. The molecule has 2 aromatic carbocycles. The molecule has 0 saturated heterocycles. The van der Waals surface area contributed by atoms with Crippen molar-refractivity contribution in [3.05, 3.63) is 47.5 Å². The third-order valence-electron chi connectivity index (χ3n) is 3.03. The standard InChI is InChI=1S/C15H12ClN3O2S/c1-20-11-7-4-8-12-13(11)14(19-21-12)18-15(22)17-10-6-3-2-5-9(10)16/h2-8H,1H3,(H2,17,18,19,22). The van der Waals surface area contributed by atoms with Crippen LogP contribution in [0, 0.1) is 0 Å². The number of anilines is 2. The second-order valence-corrected chi connectivity index (χ2v) is 5.24. The Labute approximate surface area is 137 Å². The number of ether oxygens (including phenoxy) is 1. The molecule has 0 atom stereocenters. The number of para-hydroxylation sites is 1. The normalized spacial score (nSPS) is 10.5. The number of methoxy groups -OCH3 is 1. The summed E-state index contributed by atoms with van der Waals surface area (Å²) < 4.78 is 10.6. The Kier molecular flexibility index (Phi) is 4.13. The van der Waals surface area contributed by atoms with Crippen molar-refractivity contribution in [3.8, 4) is 5.75 Å². The average Bonchev–Trinajstić information content (AvgIpc) is 2.93. The highest BCUT2D eigenvalue weighted by Gasteiger charge is 2.14. The monoisotopic (exact) mass is 333 g/mol. The summed E-state index contributed by atoms with van der Waals surface area (Å²) in [7, 11) is 1.59. The highest BCUT2D eigenvalue weighted by atomic mass is 35.5. The van der Waals surface area contributed by atoms with Gasteiger partial charge in [-0.25, -0.2) is 0 Å². The number of hydrogen-bond acceptors (Lipinski definition) is 4. The molecule has 0 fully saturated rings. The molecule has 0 saturated carbocycles. The molecule has 112 valence electrons. The molecule has 7 heteroatoms. The van der Waals surface area contributed by atoms with Gasteiger partial charge in [-0.2, -0.15) is 0 Å². The molecule has 2 N–H and O–H groups in total. The van der Waals surface area contributed by atoms with Crippen LogP contribution in [0.5, 0.6) is 5.75 Å². The third-order valence-corrected chi connectivity index (χ3v) is 3.57. The molecule has 1 aromatic heterocycles. The van der Waals surface area contributed by atoms with Gasteiger partial charge in [0, 0.05) is 0 Å². The Bertz CT molecular complexity index is 835. The summed E-state index contributed by atoms with van der Waals surface area (Å²) in [5.41, 5.74) is 1.32. The van der Waals surface area contributed by atoms with E-state index in [1.54, 1.807) is 19.2 Å². The molecule has 0 radical (unpaired) electrons. The van der Waals surface area contributed by atoms with Gasteiger partial charge in [0.1, 0.15) is 11.1 Å². The lowest BCUT2D eigenvalue weighted by Crippen LogP contribution is -2.19. The van der Waals surface area contributed by atoms with E-state index in [9.17, 15) is 0 Å². The van der Waals surface area contributed by atoms with Crippen LogP contribution in [0.25, 0.3) is 11.0 Å². The van der Waals surface area contributed by atoms with E-state index in [0.717, 1.165) is 5.39 Å². The van der Waals surface area contributed by atoms with E-state index in [1.807, 2.05) is 30.3 Å². The van der Waals surface area contributed by atoms with Crippen LogP contribution in [0.4, 0.5) is 11.5 Å². The summed E-state index contributed by atoms with van der Waals surface area (Å²) in [4.78, 5) is 0. The van der Waals surface area contributed by atoms with Crippen LogP contribution in [0.15, 0.2) is 47.0 Å². The summed E-state index contributed by atoms with van der Waals surface area (Å²) in [6.07, 6.45) is 0. The summed E-state index contributed by atoms with van der Waals surface area (Å²) in [6, 6.07) is 12.8. The summed E-state index contributed by atoms with van der Waals surface area (Å²) in [5.74, 6) is 1.14. The zero-order valence-electron chi connectivity index (χ0n) is 11.6. The average molecular weight is 334 g/mol. The third kappa shape index (κ3) is 2.84. The first-order valence-corrected chi connectivity index (χ1v) is 7.22. The van der Waals surface area contributed by atoms with E-state index in [4.69, 9.17) is 33.1 Å². The largest absolute Gasteiger partial charge is 0.496 e. The van der Waals surface area contributed by atoms with Crippen LogP contribution < -0.4 is 15.4 Å². The molecule has 0 bridgehead atoms. The lowest BCUT2D eigenvalue weighted by atomic mass is 10.2. The van der Waals surface area contributed by atoms with Crippen molar-refractivity contribution in [1.29, 1.82) is 0 Å². The maximum atomic E-state index is 6.09. The van der Waals surface area contributed by atoms with Crippen LogP contribution in [0.1, 0.15) is 0 Å². The van der Waals surface area contributed by atoms with Crippen molar-refractivity contribution in [2.45, 2.75) is 0 Å². The van der Waals surface area contributed by atoms with Crippen LogP contribution in [0.3, 0.4) is 0 Å². The van der Waals surface area contributed by atoms with Crippen LogP contribution in [-0.4, -0.2) is 17.4 Å². The Hall–Kier alpha value is -2.31. The molecule has 22 heavy (non-hydrogen) atoms. The van der Waals surface area contributed by atoms with Gasteiger partial charge in [0.15, 0.2) is 16.5 Å². The van der Waals surface area contributed by atoms with Gasteiger partial charge in [-0.05, 0) is 36.5 Å². The summed E-state index contributed by atoms with van der Waals surface area (Å²) in [5, 5.41) is 11.7. The van der Waals surface area contributed by atoms with Gasteiger partial charge in [-0.1, -0.05) is 35.0 Å². The number of fused-ring (bicyclic) bond motifs is 1. The van der Waals surface area contributed by atoms with E-state index in [1.165, 1.54) is 0 Å². The van der Waals surface area contributed by atoms with Gasteiger partial charge in [-0.15, -0.1) is 0 Å². The maximum absolute atomic E-state index is 6.09. The lowest BCUT2D eigenvalue weighted by Gasteiger charge is -2.10. The molecule has 5 nitrogen and oxygen atoms in total. The number of benzene rings is 2. The maximum Gasteiger partial charge on any atom is 0.187 e. The van der Waals surface area contributed by atoms with E-state index in [0.29, 0.717) is 33.0 Å². The number of aromatic nitrogens is 1. The zero-order chi connectivity index (χ0) is 15.5. The highest BCUT2D eigenvalue weighted by Crippen LogP contribution is 2.32. The first-order valence-electron chi connectivity index (χ1n) is 6.44. The van der Waals surface area contributed by atoms with E-state index in [-0.39, 0.29) is 0 Å². The zero-order valence-corrected chi connectivity index (χ0v) is 13.2. The molecule has 0 amide bonds. The van der Waals surface area contributed by atoms with E-state index in [2.05, 4.69) is 15.8 Å². The minimum atomic E-state index is 0.356. The summed E-state index contributed by atoms with van der Waals surface area (Å²) >= 11 is 11.4. The fraction of sp³-hybridized carbons (Fsp3) is 0.0667. The fourth-order valence-electron chi connectivity index (χ4n) is 2.04. The Balaban J connectivity index is 1.84. The molecule has 0 aliphatic carbocycles. The van der Waals surface area contributed by atoms with Crippen molar-refractivity contribution >= 4 is 51.4 Å². The van der Waals surface area contributed by atoms with Crippen LogP contribution in [0.2, 0.25) is 5.02 Å². The van der Waals surface area contributed by atoms with Crippen molar-refractivity contribution in [3.63, 3.8) is 0 Å². The molecule has 3 aromatic rings. The van der Waals surface area contributed by atoms with E-state index < -0.39 is 0 Å². The molecular formula is C15H12ClN3O2S. The molecule has 0 unspecified atom stereocenters. The molecule has 1 heterocycles. The first-order chi connectivity index (χ1) is 10.7. The van der Waals surface area contributed by atoms with Crippen molar-refractivity contribution < 1.29 is 9.26 Å². The quantitative estimate of drug-likeness (QED) is 0.697. The van der Waals surface area contributed by atoms with Gasteiger partial charge >= 0.3 is 0 Å². The molecule has 0 aliphatic heterocycles. The van der Waals surface area contributed by atoms with Crippen LogP contribution >= 0.6 is 23.8 Å². The first kappa shape index (κ1) is 14.6. The predicted molar refractivity (Wildman–Crippen MR) is 91.9 cm³/mol. The Morgan fingerprint density at radius 3 is 2.77 bits per heavy atom. The van der Waals surface area contributed by atoms with Crippen molar-refractivity contribution in [1.82, 2.24) is 5.16 Å². The number of rotatable bonds is 3. The topological polar surface area (TPSA) is 59.3 Å². The minimum absolute atomic E-state index is 0.356. The predicted octanol–water partition coefficient (Wildman–Crippen LogP) is 4.30. The number of hydrogen-bond donors (Lipinski definition) is 2. The molecular weight excluding hydrogens is 322 g/mol. The second-order valence-electron chi connectivity index (χ2n) is 4.42. The minimum Gasteiger partial charge on any atom is -0.496 e. The number of nitrogens with zero attached hydrogens (tertiary/aromatic N) is 1. The SMILES string of the molecule is COc1cccc2onc(NC(=S)Nc3ccccc3Cl)c12. The van der Waals surface area contributed by atoms with Gasteiger partial charge in [0.25, 0.3) is 0 Å². The summed E-state index contributed by atoms with van der Waals surface area (Å²) in [6.45, 7) is 0. The van der Waals surface area contributed by atoms with Gasteiger partial charge < -0.3 is 19.9 Å². The number of thiocarbonyl (C=S) groups is 1. The van der Waals surface area contributed by atoms with Crippen LogP contribution in [-0.2, 0) is 0 Å². The van der Waals surface area contributed by atoms with E-state index >= 15 is 0 Å². The lowest BCUT2D eigenvalue weighted by molar-refractivity contribution is 0.419. The second kappa shape index (κ2) is 6.21. The molecule has 0 spiro atoms. The van der Waals surface area contributed by atoms with Gasteiger partial charge in [-0.3, -0.25) is 0 Å². The van der Waals surface area contributed by atoms with Gasteiger partial charge in [0.2, 0.25) is 0 Å². The van der Waals surface area contributed by atoms with Gasteiger partial charge in [0.05, 0.1) is 17.8 Å². The fourth-order valence-corrected chi connectivity index (χ4v) is 2.43. The van der Waals surface area contributed by atoms with Crippen molar-refractivity contribution in [2.24, 2.45) is 0 Å². The highest BCUT2D eigenvalue weighted by molar-refractivity contribution is 7.80. The number of nitrogens with one attached hydrogen (secondary N) is 2. The number of halogens is 1. The molecule has 3 rings (SSSR count). The molecule has 0 aliphatic rings.